The first-order valence-corrected chi connectivity index (χ1v) is 18.5. The van der Waals surface area contributed by atoms with Crippen LogP contribution < -0.4 is 21.3 Å². The molecule has 0 radical (unpaired) electrons. The third kappa shape index (κ3) is 13.1. The lowest BCUT2D eigenvalue weighted by molar-refractivity contribution is -0.135. The van der Waals surface area contributed by atoms with E-state index in [0.29, 0.717) is 39.1 Å². The van der Waals surface area contributed by atoms with E-state index in [2.05, 4.69) is 21.3 Å². The van der Waals surface area contributed by atoms with Gasteiger partial charge >= 0.3 is 0 Å². The highest BCUT2D eigenvalue weighted by Crippen LogP contribution is 2.29. The number of hydrogen-bond donors (Lipinski definition) is 4. The van der Waals surface area contributed by atoms with Crippen LogP contribution in [0.3, 0.4) is 0 Å². The van der Waals surface area contributed by atoms with Crippen molar-refractivity contribution < 1.29 is 34.8 Å². The summed E-state index contributed by atoms with van der Waals surface area (Å²) in [6.45, 7) is 11.7. The number of ether oxygens (including phenoxy) is 2. The van der Waals surface area contributed by atoms with E-state index >= 15 is 0 Å². The van der Waals surface area contributed by atoms with Gasteiger partial charge in [-0.2, -0.15) is 0 Å². The van der Waals surface area contributed by atoms with Gasteiger partial charge in [0, 0.05) is 19.5 Å². The van der Waals surface area contributed by atoms with Crippen molar-refractivity contribution in [1.82, 2.24) is 26.2 Å². The largest absolute Gasteiger partial charge is 0.379 e. The zero-order valence-electron chi connectivity index (χ0n) is 32.2. The molecule has 4 N–H and O–H groups in total. The Hall–Kier alpha value is -4.13. The highest BCUT2D eigenvalue weighted by atomic mass is 16.6. The van der Waals surface area contributed by atoms with Crippen LogP contribution in [0.15, 0.2) is 60.7 Å². The van der Waals surface area contributed by atoms with Gasteiger partial charge in [-0.15, -0.1) is 0 Å². The summed E-state index contributed by atoms with van der Waals surface area (Å²) in [6, 6.07) is 13.6. The number of epoxide rings is 1. The van der Waals surface area contributed by atoms with Crippen LogP contribution in [0.4, 0.5) is 0 Å². The van der Waals surface area contributed by atoms with E-state index < -0.39 is 53.2 Å². The lowest BCUT2D eigenvalue weighted by Gasteiger charge is -2.29. The van der Waals surface area contributed by atoms with Gasteiger partial charge in [-0.25, -0.2) is 0 Å². The van der Waals surface area contributed by atoms with Gasteiger partial charge in [-0.05, 0) is 55.6 Å². The first kappa shape index (κ1) is 39.1. The number of ketones is 1. The molecule has 4 rings (SSSR count). The maximum Gasteiger partial charge on any atom is 0.243 e. The highest BCUT2D eigenvalue weighted by molar-refractivity contribution is 5.98. The Morgan fingerprint density at radius 2 is 1.29 bits per heavy atom. The van der Waals surface area contributed by atoms with Crippen molar-refractivity contribution in [2.75, 3.05) is 39.5 Å². The molecule has 2 aliphatic heterocycles. The standard InChI is InChI=1S/C40H57N5O7/c1-27(2)22-32(36(47)40(5)26-52-40)42-39(50)34(24-30-14-10-7-11-15-30)44-38(49)33(23-28(3)4)43-37(48)31(17-16-29-12-8-6-9-13-29)41-35(46)25-45-18-20-51-21-19-45/h6-15,27-28,31-34H,16-26H2,1-5H3,(H,41,46)(H,42,50)(H,43,48)(H,44,49)/t31-,32-,33-,34-,40+/m0/s1/i32D. The lowest BCUT2D eigenvalue weighted by atomic mass is 9.93. The molecule has 0 aliphatic carbocycles. The molecular formula is C40H57N5O7. The van der Waals surface area contributed by atoms with Crippen LogP contribution in [0.2, 0.25) is 0 Å². The third-order valence-electron chi connectivity index (χ3n) is 9.16. The Balaban J connectivity index is 1.53. The smallest absolute Gasteiger partial charge is 0.243 e. The lowest BCUT2D eigenvalue weighted by Crippen LogP contribution is -2.59. The van der Waals surface area contributed by atoms with Gasteiger partial charge in [-0.3, -0.25) is 28.9 Å². The van der Waals surface area contributed by atoms with Gasteiger partial charge in [0.05, 0.1) is 33.8 Å². The van der Waals surface area contributed by atoms with Crippen molar-refractivity contribution in [3.63, 3.8) is 0 Å². The molecule has 2 aromatic rings. The average molecular weight is 721 g/mol. The fraction of sp³-hybridized carbons (Fsp3) is 0.575. The van der Waals surface area contributed by atoms with Gasteiger partial charge in [-0.1, -0.05) is 88.4 Å². The van der Waals surface area contributed by atoms with E-state index in [0.717, 1.165) is 11.1 Å². The molecule has 4 amide bonds. The molecule has 52 heavy (non-hydrogen) atoms. The fourth-order valence-electron chi connectivity index (χ4n) is 6.14. The molecule has 0 aromatic heterocycles. The van der Waals surface area contributed by atoms with E-state index in [-0.39, 0.29) is 50.2 Å². The number of aryl methyl sites for hydroxylation is 1. The Kier molecular flexibility index (Phi) is 14.8. The number of amides is 4. The molecule has 2 aromatic carbocycles. The number of carbonyl (C=O) groups excluding carboxylic acids is 5. The number of carbonyl (C=O) groups is 5. The van der Waals surface area contributed by atoms with Gasteiger partial charge in [0.2, 0.25) is 23.6 Å². The molecule has 12 heteroatoms. The molecule has 0 bridgehead atoms. The van der Waals surface area contributed by atoms with Crippen LogP contribution in [0, 0.1) is 11.8 Å². The van der Waals surface area contributed by atoms with Crippen LogP contribution in [-0.2, 0) is 46.3 Å². The molecule has 5 atom stereocenters. The minimum absolute atomic E-state index is 0.0185. The van der Waals surface area contributed by atoms with Crippen LogP contribution >= 0.6 is 0 Å². The van der Waals surface area contributed by atoms with Crippen LogP contribution in [0.25, 0.3) is 0 Å². The zero-order chi connectivity index (χ0) is 38.6. The Bertz CT molecular complexity index is 1530. The summed E-state index contributed by atoms with van der Waals surface area (Å²) in [4.78, 5) is 70.7. The van der Waals surface area contributed by atoms with Crippen LogP contribution in [0.1, 0.15) is 66.4 Å². The summed E-state index contributed by atoms with van der Waals surface area (Å²) >= 11 is 0. The van der Waals surface area contributed by atoms with E-state index in [1.807, 2.05) is 93.3 Å². The third-order valence-corrected chi connectivity index (χ3v) is 9.16. The maximum atomic E-state index is 14.1. The van der Waals surface area contributed by atoms with Crippen molar-refractivity contribution >= 4 is 29.4 Å². The van der Waals surface area contributed by atoms with Crippen LogP contribution in [0.5, 0.6) is 0 Å². The number of nitrogens with one attached hydrogen (secondary N) is 4. The Labute approximate surface area is 309 Å². The molecule has 12 nitrogen and oxygen atoms in total. The van der Waals surface area contributed by atoms with Crippen molar-refractivity contribution in [3.8, 4) is 0 Å². The molecular weight excluding hydrogens is 662 g/mol. The number of nitrogens with zero attached hydrogens (tertiary/aromatic N) is 1. The van der Waals surface area contributed by atoms with Crippen molar-refractivity contribution in [3.05, 3.63) is 71.8 Å². The number of benzene rings is 2. The molecule has 0 spiro atoms. The topological polar surface area (TPSA) is 158 Å². The SMILES string of the molecule is [2H][C@@](CC(C)C)(NC(=O)[C@H](Cc1ccccc1)NC(=O)[C@H](CC(C)C)NC(=O)[C@H](CCc1ccccc1)NC(=O)CN1CCOCC1)C(=O)[C@@]1(C)CO1. The van der Waals surface area contributed by atoms with E-state index in [4.69, 9.17) is 10.8 Å². The number of rotatable bonds is 20. The number of hydrogen-bond acceptors (Lipinski definition) is 8. The van der Waals surface area contributed by atoms with Gasteiger partial charge in [0.1, 0.15) is 23.7 Å². The van der Waals surface area contributed by atoms with Crippen LogP contribution in [-0.4, -0.2) is 104 Å². The van der Waals surface area contributed by atoms with E-state index in [9.17, 15) is 24.0 Å². The second kappa shape index (κ2) is 19.6. The molecule has 2 fully saturated rings. The predicted octanol–water partition coefficient (Wildman–Crippen LogP) is 2.58. The summed E-state index contributed by atoms with van der Waals surface area (Å²) in [5.41, 5.74) is 0.607. The normalized spacial score (nSPS) is 20.5. The summed E-state index contributed by atoms with van der Waals surface area (Å²) in [5, 5.41) is 11.3. The molecule has 0 unspecified atom stereocenters. The van der Waals surface area contributed by atoms with Crippen molar-refractivity contribution in [2.45, 2.75) is 96.5 Å². The molecule has 284 valence electrons. The van der Waals surface area contributed by atoms with E-state index in [1.54, 1.807) is 6.92 Å². The van der Waals surface area contributed by atoms with Crippen molar-refractivity contribution in [2.24, 2.45) is 11.8 Å². The quantitative estimate of drug-likeness (QED) is 0.152. The minimum Gasteiger partial charge on any atom is -0.379 e. The highest BCUT2D eigenvalue weighted by Gasteiger charge is 2.50. The van der Waals surface area contributed by atoms with Gasteiger partial charge in [0.15, 0.2) is 5.78 Å². The van der Waals surface area contributed by atoms with Gasteiger partial charge < -0.3 is 30.7 Å². The Morgan fingerprint density at radius 3 is 1.87 bits per heavy atom. The predicted molar refractivity (Wildman–Crippen MR) is 198 cm³/mol. The first-order chi connectivity index (χ1) is 25.2. The monoisotopic (exact) mass is 720 g/mol. The minimum atomic E-state index is -1.98. The van der Waals surface area contributed by atoms with Crippen molar-refractivity contribution in [1.29, 1.82) is 0 Å². The summed E-state index contributed by atoms with van der Waals surface area (Å²) in [5.74, 6) is -2.75. The molecule has 2 aliphatic rings. The number of Topliss-reactive ketones (excluding diaryl/α,β-unsaturated/α-hetero) is 1. The molecule has 2 saturated heterocycles. The summed E-state index contributed by atoms with van der Waals surface area (Å²) < 4.78 is 19.9. The summed E-state index contributed by atoms with van der Waals surface area (Å²) in [6.07, 6.45) is 1.21. The Morgan fingerprint density at radius 1 is 0.750 bits per heavy atom. The van der Waals surface area contributed by atoms with E-state index in [1.165, 1.54) is 0 Å². The molecule has 0 saturated carbocycles. The number of morpholine rings is 1. The molecule has 2 heterocycles. The second-order valence-electron chi connectivity index (χ2n) is 14.9. The summed E-state index contributed by atoms with van der Waals surface area (Å²) in [7, 11) is 0. The van der Waals surface area contributed by atoms with Gasteiger partial charge in [0.25, 0.3) is 0 Å². The fourth-order valence-corrected chi connectivity index (χ4v) is 6.14. The first-order valence-electron chi connectivity index (χ1n) is 19.0. The maximum absolute atomic E-state index is 14.1. The average Bonchev–Trinajstić information content (AvgIpc) is 3.87. The second-order valence-corrected chi connectivity index (χ2v) is 14.9. The zero-order valence-corrected chi connectivity index (χ0v) is 31.2.